The SMILES string of the molecule is COc1cc(C2/C(=C(/O)c3ccc(Cl)cc3)C(=O)C(=O)N2c2nnc(SCc3ccc(C)cc3)s2)ccc1OCc1ccccc1. The van der Waals surface area contributed by atoms with E-state index in [1.807, 2.05) is 49.4 Å². The molecule has 1 amide bonds. The first-order valence-corrected chi connectivity index (χ1v) is 16.4. The first-order valence-electron chi connectivity index (χ1n) is 14.3. The number of ketones is 1. The average Bonchev–Trinajstić information content (AvgIpc) is 3.65. The van der Waals surface area contributed by atoms with Crippen LogP contribution in [0.1, 0.15) is 33.9 Å². The van der Waals surface area contributed by atoms with Gasteiger partial charge < -0.3 is 14.6 Å². The van der Waals surface area contributed by atoms with Gasteiger partial charge in [-0.1, -0.05) is 101 Å². The van der Waals surface area contributed by atoms with Crippen LogP contribution in [0.3, 0.4) is 0 Å². The van der Waals surface area contributed by atoms with Crippen molar-refractivity contribution in [3.05, 3.63) is 135 Å². The predicted octanol–water partition coefficient (Wildman–Crippen LogP) is 8.01. The van der Waals surface area contributed by atoms with E-state index in [4.69, 9.17) is 21.1 Å². The normalized spacial score (nSPS) is 15.7. The lowest BCUT2D eigenvalue weighted by Crippen LogP contribution is -2.29. The maximum Gasteiger partial charge on any atom is 0.301 e. The van der Waals surface area contributed by atoms with E-state index in [1.165, 1.54) is 40.7 Å². The van der Waals surface area contributed by atoms with Crippen LogP contribution in [0.2, 0.25) is 5.02 Å². The Balaban J connectivity index is 1.37. The van der Waals surface area contributed by atoms with Crippen molar-refractivity contribution in [1.29, 1.82) is 0 Å². The molecule has 6 rings (SSSR count). The maximum absolute atomic E-state index is 13.7. The van der Waals surface area contributed by atoms with E-state index in [2.05, 4.69) is 22.3 Å². The number of benzene rings is 4. The zero-order valence-electron chi connectivity index (χ0n) is 24.8. The number of Topliss-reactive ketones (excluding diaryl/α,β-unsaturated/α-hetero) is 1. The summed E-state index contributed by atoms with van der Waals surface area (Å²) in [7, 11) is 1.52. The lowest BCUT2D eigenvalue weighted by Gasteiger charge is -2.23. The molecule has 1 fully saturated rings. The molecule has 1 aliphatic heterocycles. The van der Waals surface area contributed by atoms with Crippen LogP contribution in [0, 0.1) is 6.92 Å². The Morgan fingerprint density at radius 1 is 0.935 bits per heavy atom. The zero-order valence-corrected chi connectivity index (χ0v) is 27.2. The molecule has 0 radical (unpaired) electrons. The average molecular weight is 670 g/mol. The van der Waals surface area contributed by atoms with Crippen LogP contribution in [0.15, 0.2) is 107 Å². The molecule has 1 atom stereocenters. The fourth-order valence-corrected chi connectivity index (χ4v) is 6.95. The second-order valence-electron chi connectivity index (χ2n) is 10.5. The monoisotopic (exact) mass is 669 g/mol. The van der Waals surface area contributed by atoms with E-state index >= 15 is 0 Å². The highest BCUT2D eigenvalue weighted by molar-refractivity contribution is 8.00. The van der Waals surface area contributed by atoms with Crippen molar-refractivity contribution in [2.75, 3.05) is 12.0 Å². The van der Waals surface area contributed by atoms with Crippen LogP contribution in [0.5, 0.6) is 11.5 Å². The van der Waals surface area contributed by atoms with Crippen LogP contribution in [0.25, 0.3) is 5.76 Å². The van der Waals surface area contributed by atoms with E-state index in [-0.39, 0.29) is 16.5 Å². The molecular weight excluding hydrogens is 642 g/mol. The van der Waals surface area contributed by atoms with Crippen LogP contribution in [0.4, 0.5) is 5.13 Å². The molecular formula is C35H28ClN3O5S2. The van der Waals surface area contributed by atoms with Gasteiger partial charge in [-0.15, -0.1) is 10.2 Å². The number of methoxy groups -OCH3 is 1. The fourth-order valence-electron chi connectivity index (χ4n) is 5.00. The van der Waals surface area contributed by atoms with Gasteiger partial charge in [-0.05, 0) is 60.0 Å². The molecule has 0 spiro atoms. The van der Waals surface area contributed by atoms with Gasteiger partial charge in [0.05, 0.1) is 18.7 Å². The minimum atomic E-state index is -1.02. The number of carbonyl (C=O) groups excluding carboxylic acids is 2. The molecule has 0 bridgehead atoms. The highest BCUT2D eigenvalue weighted by Gasteiger charge is 2.48. The van der Waals surface area contributed by atoms with Crippen LogP contribution < -0.4 is 14.4 Å². The van der Waals surface area contributed by atoms with Crippen LogP contribution >= 0.6 is 34.7 Å². The van der Waals surface area contributed by atoms with Gasteiger partial charge in [0.25, 0.3) is 5.78 Å². The van der Waals surface area contributed by atoms with Crippen molar-refractivity contribution in [2.24, 2.45) is 0 Å². The van der Waals surface area contributed by atoms with Crippen LogP contribution in [-0.4, -0.2) is 34.1 Å². The molecule has 46 heavy (non-hydrogen) atoms. The van der Waals surface area contributed by atoms with Crippen molar-refractivity contribution < 1.29 is 24.2 Å². The molecule has 0 saturated carbocycles. The molecule has 1 saturated heterocycles. The molecule has 5 aromatic rings. The number of aromatic nitrogens is 2. The summed E-state index contributed by atoms with van der Waals surface area (Å²) in [6.07, 6.45) is 0. The largest absolute Gasteiger partial charge is 0.507 e. The summed E-state index contributed by atoms with van der Waals surface area (Å²) in [5, 5.41) is 20.8. The minimum absolute atomic E-state index is 0.0867. The number of amides is 1. The zero-order chi connectivity index (χ0) is 32.2. The van der Waals surface area contributed by atoms with E-state index in [1.54, 1.807) is 42.5 Å². The number of anilines is 1. The Hall–Kier alpha value is -4.64. The van der Waals surface area contributed by atoms with E-state index < -0.39 is 17.7 Å². The van der Waals surface area contributed by atoms with Crippen molar-refractivity contribution in [3.63, 3.8) is 0 Å². The number of hydrogen-bond donors (Lipinski definition) is 1. The molecule has 1 aromatic heterocycles. The highest BCUT2D eigenvalue weighted by Crippen LogP contribution is 2.45. The van der Waals surface area contributed by atoms with E-state index in [0.29, 0.717) is 44.3 Å². The molecule has 0 aliphatic carbocycles. The van der Waals surface area contributed by atoms with Gasteiger partial charge >= 0.3 is 5.91 Å². The summed E-state index contributed by atoms with van der Waals surface area (Å²) in [6.45, 7) is 2.35. The third kappa shape index (κ3) is 6.64. The number of hydrogen-bond acceptors (Lipinski definition) is 9. The summed E-state index contributed by atoms with van der Waals surface area (Å²) in [6, 6.07) is 28.5. The molecule has 2 heterocycles. The second kappa shape index (κ2) is 13.8. The number of thioether (sulfide) groups is 1. The predicted molar refractivity (Wildman–Crippen MR) is 181 cm³/mol. The number of rotatable bonds is 10. The second-order valence-corrected chi connectivity index (χ2v) is 13.1. The topological polar surface area (TPSA) is 102 Å². The molecule has 1 unspecified atom stereocenters. The van der Waals surface area contributed by atoms with Gasteiger partial charge in [0.2, 0.25) is 5.13 Å². The molecule has 8 nitrogen and oxygen atoms in total. The molecule has 11 heteroatoms. The van der Waals surface area contributed by atoms with Crippen molar-refractivity contribution in [1.82, 2.24) is 10.2 Å². The van der Waals surface area contributed by atoms with Crippen molar-refractivity contribution in [2.45, 2.75) is 29.7 Å². The number of aliphatic hydroxyl groups is 1. The fraction of sp³-hybridized carbons (Fsp3) is 0.143. The van der Waals surface area contributed by atoms with Gasteiger partial charge in [0, 0.05) is 16.3 Å². The lowest BCUT2D eigenvalue weighted by atomic mass is 9.95. The minimum Gasteiger partial charge on any atom is -0.507 e. The van der Waals surface area contributed by atoms with Gasteiger partial charge in [-0.3, -0.25) is 14.5 Å². The maximum atomic E-state index is 13.7. The molecule has 1 N–H and O–H groups in total. The number of carbonyl (C=O) groups is 2. The third-order valence-electron chi connectivity index (χ3n) is 7.39. The Morgan fingerprint density at radius 2 is 1.67 bits per heavy atom. The first-order chi connectivity index (χ1) is 22.3. The molecule has 1 aliphatic rings. The summed E-state index contributed by atoms with van der Waals surface area (Å²) in [5.41, 5.74) is 4.05. The summed E-state index contributed by atoms with van der Waals surface area (Å²) < 4.78 is 12.4. The smallest absolute Gasteiger partial charge is 0.301 e. The Morgan fingerprint density at radius 3 is 2.39 bits per heavy atom. The Labute approximate surface area is 279 Å². The summed E-state index contributed by atoms with van der Waals surface area (Å²) in [4.78, 5) is 28.6. The molecule has 232 valence electrons. The van der Waals surface area contributed by atoms with Gasteiger partial charge in [-0.2, -0.15) is 0 Å². The Kier molecular flexibility index (Phi) is 9.39. The quantitative estimate of drug-likeness (QED) is 0.0525. The number of aryl methyl sites for hydroxylation is 1. The number of halogens is 1. The van der Waals surface area contributed by atoms with E-state index in [0.717, 1.165) is 11.1 Å². The Bertz CT molecular complexity index is 1910. The highest BCUT2D eigenvalue weighted by atomic mass is 35.5. The number of aliphatic hydroxyl groups excluding tert-OH is 1. The van der Waals surface area contributed by atoms with Gasteiger partial charge in [-0.25, -0.2) is 0 Å². The van der Waals surface area contributed by atoms with Crippen molar-refractivity contribution in [3.8, 4) is 11.5 Å². The van der Waals surface area contributed by atoms with Crippen molar-refractivity contribution >= 4 is 57.3 Å². The number of ether oxygens (including phenoxy) is 2. The summed E-state index contributed by atoms with van der Waals surface area (Å²) >= 11 is 8.76. The van der Waals surface area contributed by atoms with E-state index in [9.17, 15) is 14.7 Å². The third-order valence-corrected chi connectivity index (χ3v) is 9.77. The molecule has 4 aromatic carbocycles. The van der Waals surface area contributed by atoms with Gasteiger partial charge in [0.15, 0.2) is 15.8 Å². The summed E-state index contributed by atoms with van der Waals surface area (Å²) in [5.74, 6) is -0.452. The lowest BCUT2D eigenvalue weighted by molar-refractivity contribution is -0.132. The first kappa shape index (κ1) is 31.3. The standard InChI is InChI=1S/C35H28ClN3O5S2/c1-21-8-10-23(11-9-21)20-45-35-38-37-34(46-35)39-30(29(32(41)33(39)42)31(40)24-12-15-26(36)16-13-24)25-14-17-27(28(18-25)43-2)44-19-22-6-4-3-5-7-22/h3-18,30,40H,19-20H2,1-2H3/b31-29-. The van der Waals surface area contributed by atoms with Crippen LogP contribution in [-0.2, 0) is 21.9 Å². The van der Waals surface area contributed by atoms with Gasteiger partial charge in [0.1, 0.15) is 12.4 Å². The number of nitrogens with zero attached hydrogens (tertiary/aromatic N) is 3.